The van der Waals surface area contributed by atoms with E-state index in [0.717, 1.165) is 0 Å². The van der Waals surface area contributed by atoms with Gasteiger partial charge in [-0.25, -0.2) is 0 Å². The van der Waals surface area contributed by atoms with Crippen molar-refractivity contribution in [2.75, 3.05) is 5.32 Å². The summed E-state index contributed by atoms with van der Waals surface area (Å²) >= 11 is 0. The lowest BCUT2D eigenvalue weighted by atomic mass is 9.90. The third-order valence-corrected chi connectivity index (χ3v) is 3.84. The fraction of sp³-hybridized carbons (Fsp3) is 0.368. The van der Waals surface area contributed by atoms with Crippen LogP contribution in [0, 0.1) is 5.92 Å². The quantitative estimate of drug-likeness (QED) is 0.682. The van der Waals surface area contributed by atoms with Gasteiger partial charge in [-0.1, -0.05) is 75.2 Å². The Kier molecular flexibility index (Phi) is 5.67. The molecule has 106 valence electrons. The molecule has 2 atom stereocenters. The standard InChI is InChI=1S/C19H25N/c1-3-4-11-16(2)19(17-12-7-5-8-13-17)20-18-14-9-6-10-15-18/h5-10,12-16,19-20H,3-4,11H2,1-2H3/t16-,19+/m1/s1. The molecule has 1 nitrogen and oxygen atoms in total. The van der Waals surface area contributed by atoms with E-state index in [1.807, 2.05) is 0 Å². The zero-order valence-electron chi connectivity index (χ0n) is 12.5. The van der Waals surface area contributed by atoms with Gasteiger partial charge in [0.25, 0.3) is 0 Å². The first-order valence-electron chi connectivity index (χ1n) is 7.67. The second kappa shape index (κ2) is 7.74. The molecule has 2 aromatic rings. The predicted molar refractivity (Wildman–Crippen MR) is 87.9 cm³/mol. The average Bonchev–Trinajstić information content (AvgIpc) is 2.52. The summed E-state index contributed by atoms with van der Waals surface area (Å²) in [6, 6.07) is 21.7. The molecular weight excluding hydrogens is 242 g/mol. The summed E-state index contributed by atoms with van der Waals surface area (Å²) in [5.41, 5.74) is 2.57. The highest BCUT2D eigenvalue weighted by molar-refractivity contribution is 5.45. The Labute approximate surface area is 123 Å². The maximum absolute atomic E-state index is 3.70. The lowest BCUT2D eigenvalue weighted by Crippen LogP contribution is -2.19. The predicted octanol–water partition coefficient (Wildman–Crippen LogP) is 5.67. The monoisotopic (exact) mass is 267 g/mol. The molecule has 0 fully saturated rings. The molecule has 0 bridgehead atoms. The molecule has 2 rings (SSSR count). The molecule has 20 heavy (non-hydrogen) atoms. The average molecular weight is 267 g/mol. The van der Waals surface area contributed by atoms with Gasteiger partial charge in [0, 0.05) is 5.69 Å². The Morgan fingerprint density at radius 1 is 0.900 bits per heavy atom. The van der Waals surface area contributed by atoms with Crippen molar-refractivity contribution in [3.8, 4) is 0 Å². The summed E-state index contributed by atoms with van der Waals surface area (Å²) < 4.78 is 0. The van der Waals surface area contributed by atoms with Crippen LogP contribution >= 0.6 is 0 Å². The molecule has 0 spiro atoms. The second-order valence-corrected chi connectivity index (χ2v) is 5.52. The van der Waals surface area contributed by atoms with Crippen LogP contribution < -0.4 is 5.32 Å². The van der Waals surface area contributed by atoms with Crippen molar-refractivity contribution < 1.29 is 0 Å². The van der Waals surface area contributed by atoms with Crippen LogP contribution in [0.4, 0.5) is 5.69 Å². The lowest BCUT2D eigenvalue weighted by molar-refractivity contribution is 0.444. The molecule has 0 aliphatic heterocycles. The summed E-state index contributed by atoms with van der Waals surface area (Å²) in [6.45, 7) is 4.61. The maximum Gasteiger partial charge on any atom is 0.0539 e. The summed E-state index contributed by atoms with van der Waals surface area (Å²) in [6.07, 6.45) is 3.81. The van der Waals surface area contributed by atoms with E-state index in [9.17, 15) is 0 Å². The van der Waals surface area contributed by atoms with E-state index in [1.54, 1.807) is 0 Å². The molecule has 0 radical (unpaired) electrons. The first-order chi connectivity index (χ1) is 9.81. The molecule has 0 aliphatic rings. The van der Waals surface area contributed by atoms with Crippen LogP contribution in [0.1, 0.15) is 44.7 Å². The van der Waals surface area contributed by atoms with Gasteiger partial charge in [-0.2, -0.15) is 0 Å². The number of rotatable bonds is 7. The van der Waals surface area contributed by atoms with E-state index < -0.39 is 0 Å². The van der Waals surface area contributed by atoms with E-state index in [1.165, 1.54) is 30.5 Å². The van der Waals surface area contributed by atoms with Gasteiger partial charge < -0.3 is 5.32 Å². The Hall–Kier alpha value is -1.76. The number of anilines is 1. The van der Waals surface area contributed by atoms with Gasteiger partial charge in [0.1, 0.15) is 0 Å². The fourth-order valence-corrected chi connectivity index (χ4v) is 2.62. The minimum atomic E-state index is 0.380. The molecule has 0 unspecified atom stereocenters. The van der Waals surface area contributed by atoms with Crippen LogP contribution in [-0.2, 0) is 0 Å². The first kappa shape index (κ1) is 14.6. The lowest BCUT2D eigenvalue weighted by Gasteiger charge is -2.27. The fourth-order valence-electron chi connectivity index (χ4n) is 2.62. The highest BCUT2D eigenvalue weighted by atomic mass is 14.9. The second-order valence-electron chi connectivity index (χ2n) is 5.52. The number of hydrogen-bond donors (Lipinski definition) is 1. The van der Waals surface area contributed by atoms with Gasteiger partial charge in [-0.15, -0.1) is 0 Å². The van der Waals surface area contributed by atoms with Crippen molar-refractivity contribution in [1.82, 2.24) is 0 Å². The van der Waals surface area contributed by atoms with Crippen molar-refractivity contribution in [2.45, 2.75) is 39.2 Å². The van der Waals surface area contributed by atoms with Gasteiger partial charge in [0.05, 0.1) is 6.04 Å². The topological polar surface area (TPSA) is 12.0 Å². The zero-order chi connectivity index (χ0) is 14.2. The van der Waals surface area contributed by atoms with Gasteiger partial charge in [-0.05, 0) is 30.0 Å². The minimum absolute atomic E-state index is 0.380. The number of hydrogen-bond acceptors (Lipinski definition) is 1. The van der Waals surface area contributed by atoms with Crippen LogP contribution in [0.5, 0.6) is 0 Å². The van der Waals surface area contributed by atoms with Crippen molar-refractivity contribution >= 4 is 5.69 Å². The molecule has 0 saturated carbocycles. The molecule has 0 saturated heterocycles. The van der Waals surface area contributed by atoms with E-state index in [4.69, 9.17) is 0 Å². The Balaban J connectivity index is 2.16. The normalized spacial score (nSPS) is 13.7. The Morgan fingerprint density at radius 2 is 1.50 bits per heavy atom. The highest BCUT2D eigenvalue weighted by Crippen LogP contribution is 2.29. The smallest absolute Gasteiger partial charge is 0.0539 e. The molecule has 0 aromatic heterocycles. The first-order valence-corrected chi connectivity index (χ1v) is 7.67. The summed E-state index contributed by atoms with van der Waals surface area (Å²) in [4.78, 5) is 0. The molecule has 1 N–H and O–H groups in total. The van der Waals surface area contributed by atoms with Crippen molar-refractivity contribution in [3.63, 3.8) is 0 Å². The Bertz CT molecular complexity index is 478. The zero-order valence-corrected chi connectivity index (χ0v) is 12.5. The number of nitrogens with one attached hydrogen (secondary N) is 1. The van der Waals surface area contributed by atoms with Crippen molar-refractivity contribution in [3.05, 3.63) is 66.2 Å². The van der Waals surface area contributed by atoms with Crippen molar-refractivity contribution in [1.29, 1.82) is 0 Å². The van der Waals surface area contributed by atoms with E-state index >= 15 is 0 Å². The van der Waals surface area contributed by atoms with E-state index in [0.29, 0.717) is 12.0 Å². The summed E-state index contributed by atoms with van der Waals surface area (Å²) in [5, 5.41) is 3.70. The highest BCUT2D eigenvalue weighted by Gasteiger charge is 2.18. The number of para-hydroxylation sites is 1. The number of benzene rings is 2. The Morgan fingerprint density at radius 3 is 2.10 bits per heavy atom. The molecular formula is C19H25N. The third-order valence-electron chi connectivity index (χ3n) is 3.84. The van der Waals surface area contributed by atoms with Crippen LogP contribution in [-0.4, -0.2) is 0 Å². The molecule has 1 heteroatoms. The summed E-state index contributed by atoms with van der Waals surface area (Å²) in [5.74, 6) is 0.623. The molecule has 0 heterocycles. The van der Waals surface area contributed by atoms with Gasteiger partial charge >= 0.3 is 0 Å². The largest absolute Gasteiger partial charge is 0.378 e. The van der Waals surface area contributed by atoms with Crippen LogP contribution in [0.3, 0.4) is 0 Å². The summed E-state index contributed by atoms with van der Waals surface area (Å²) in [7, 11) is 0. The van der Waals surface area contributed by atoms with Gasteiger partial charge in [-0.3, -0.25) is 0 Å². The van der Waals surface area contributed by atoms with Gasteiger partial charge in [0.2, 0.25) is 0 Å². The SMILES string of the molecule is CCCC[C@@H](C)[C@H](Nc1ccccc1)c1ccccc1. The number of unbranched alkanes of at least 4 members (excludes halogenated alkanes) is 1. The molecule has 0 amide bonds. The minimum Gasteiger partial charge on any atom is -0.378 e. The van der Waals surface area contributed by atoms with E-state index in [2.05, 4.69) is 79.8 Å². The van der Waals surface area contributed by atoms with Crippen LogP contribution in [0.2, 0.25) is 0 Å². The maximum atomic E-state index is 3.70. The van der Waals surface area contributed by atoms with Gasteiger partial charge in [0.15, 0.2) is 0 Å². The van der Waals surface area contributed by atoms with Crippen LogP contribution in [0.15, 0.2) is 60.7 Å². The third kappa shape index (κ3) is 4.12. The van der Waals surface area contributed by atoms with Crippen LogP contribution in [0.25, 0.3) is 0 Å². The molecule has 2 aromatic carbocycles. The van der Waals surface area contributed by atoms with Crippen molar-refractivity contribution in [2.24, 2.45) is 5.92 Å². The van der Waals surface area contributed by atoms with E-state index in [-0.39, 0.29) is 0 Å². The molecule has 0 aliphatic carbocycles.